The Labute approximate surface area is 124 Å². The van der Waals surface area contributed by atoms with E-state index in [0.717, 1.165) is 36.5 Å². The highest BCUT2D eigenvalue weighted by atomic mass is 32.1. The molecule has 0 bridgehead atoms. The van der Waals surface area contributed by atoms with Crippen molar-refractivity contribution >= 4 is 17.4 Å². The van der Waals surface area contributed by atoms with E-state index in [0.29, 0.717) is 13.1 Å². The molecule has 2 N–H and O–H groups in total. The number of aryl methyl sites for hydroxylation is 1. The molecule has 112 valence electrons. The van der Waals surface area contributed by atoms with Crippen molar-refractivity contribution in [2.45, 2.75) is 39.2 Å². The van der Waals surface area contributed by atoms with E-state index in [4.69, 9.17) is 0 Å². The Morgan fingerprint density at radius 3 is 3.15 bits per heavy atom. The molecule has 20 heavy (non-hydrogen) atoms. The summed E-state index contributed by atoms with van der Waals surface area (Å²) in [4.78, 5) is 18.3. The van der Waals surface area contributed by atoms with Crippen LogP contribution in [0.3, 0.4) is 0 Å². The van der Waals surface area contributed by atoms with E-state index < -0.39 is 0 Å². The number of carbonyl (C=O) groups is 1. The summed E-state index contributed by atoms with van der Waals surface area (Å²) >= 11 is 1.63. The monoisotopic (exact) mass is 297 g/mol. The lowest BCUT2D eigenvalue weighted by Gasteiger charge is -2.34. The summed E-state index contributed by atoms with van der Waals surface area (Å²) in [7, 11) is 0. The largest absolute Gasteiger partial charge is 0.393 e. The fraction of sp³-hybridized carbons (Fsp3) is 0.714. The second kappa shape index (κ2) is 7.04. The molecule has 0 aliphatic carbocycles. The van der Waals surface area contributed by atoms with Crippen molar-refractivity contribution in [1.29, 1.82) is 0 Å². The predicted octanol–water partition coefficient (Wildman–Crippen LogP) is 1.80. The minimum Gasteiger partial charge on any atom is -0.393 e. The predicted molar refractivity (Wildman–Crippen MR) is 79.9 cm³/mol. The maximum Gasteiger partial charge on any atom is 0.317 e. The normalized spacial score (nSPS) is 20.8. The molecule has 6 heteroatoms. The number of piperidine rings is 1. The number of nitrogens with one attached hydrogen (secondary N) is 1. The lowest BCUT2D eigenvalue weighted by atomic mass is 9.94. The summed E-state index contributed by atoms with van der Waals surface area (Å²) in [5, 5.41) is 15.7. The van der Waals surface area contributed by atoms with Gasteiger partial charge in [0.25, 0.3) is 0 Å². The summed E-state index contributed by atoms with van der Waals surface area (Å²) in [6.07, 6.45) is 2.39. The highest BCUT2D eigenvalue weighted by molar-refractivity contribution is 7.09. The SMILES string of the molecule is Cc1nc(CCNC(=O)N2CCCC(C(C)O)C2)cs1. The molecule has 5 nitrogen and oxygen atoms in total. The van der Waals surface area contributed by atoms with E-state index in [2.05, 4.69) is 10.3 Å². The van der Waals surface area contributed by atoms with Crippen LogP contribution in [-0.2, 0) is 6.42 Å². The number of urea groups is 1. The Morgan fingerprint density at radius 1 is 1.70 bits per heavy atom. The van der Waals surface area contributed by atoms with Crippen LogP contribution in [0.1, 0.15) is 30.5 Å². The summed E-state index contributed by atoms with van der Waals surface area (Å²) in [5.41, 5.74) is 1.04. The molecule has 2 atom stereocenters. The van der Waals surface area contributed by atoms with Gasteiger partial charge in [-0.15, -0.1) is 11.3 Å². The first-order valence-electron chi connectivity index (χ1n) is 7.18. The molecule has 1 aromatic rings. The number of hydrogen-bond donors (Lipinski definition) is 2. The first-order valence-corrected chi connectivity index (χ1v) is 8.06. The van der Waals surface area contributed by atoms with Crippen LogP contribution in [0.15, 0.2) is 5.38 Å². The van der Waals surface area contributed by atoms with Crippen molar-refractivity contribution in [1.82, 2.24) is 15.2 Å². The topological polar surface area (TPSA) is 65.5 Å². The molecule has 0 spiro atoms. The molecule has 2 unspecified atom stereocenters. The number of aliphatic hydroxyl groups excluding tert-OH is 1. The molecular formula is C14H23N3O2S. The number of thiazole rings is 1. The average Bonchev–Trinajstić information content (AvgIpc) is 2.84. The van der Waals surface area contributed by atoms with Crippen molar-refractivity contribution in [3.8, 4) is 0 Å². The third kappa shape index (κ3) is 4.18. The molecular weight excluding hydrogens is 274 g/mol. The lowest BCUT2D eigenvalue weighted by Crippen LogP contribution is -2.47. The molecule has 1 aromatic heterocycles. The molecule has 2 rings (SSSR count). The van der Waals surface area contributed by atoms with Crippen molar-refractivity contribution < 1.29 is 9.90 Å². The number of aromatic nitrogens is 1. The minimum atomic E-state index is -0.344. The van der Waals surface area contributed by atoms with Crippen molar-refractivity contribution in [2.75, 3.05) is 19.6 Å². The number of aliphatic hydroxyl groups is 1. The number of hydrogen-bond acceptors (Lipinski definition) is 4. The van der Waals surface area contributed by atoms with Crippen LogP contribution in [0.4, 0.5) is 4.79 Å². The van der Waals surface area contributed by atoms with Gasteiger partial charge in [-0.2, -0.15) is 0 Å². The molecule has 1 aliphatic heterocycles. The average molecular weight is 297 g/mol. The van der Waals surface area contributed by atoms with Crippen molar-refractivity contribution in [3.05, 3.63) is 16.1 Å². The van der Waals surface area contributed by atoms with Crippen LogP contribution in [-0.4, -0.2) is 46.8 Å². The highest BCUT2D eigenvalue weighted by Crippen LogP contribution is 2.19. The summed E-state index contributed by atoms with van der Waals surface area (Å²) in [6.45, 7) is 5.83. The van der Waals surface area contributed by atoms with Crippen LogP contribution in [0.25, 0.3) is 0 Å². The van der Waals surface area contributed by atoms with Crippen molar-refractivity contribution in [2.24, 2.45) is 5.92 Å². The van der Waals surface area contributed by atoms with Gasteiger partial charge in [0.2, 0.25) is 0 Å². The minimum absolute atomic E-state index is 0.0256. The number of carbonyl (C=O) groups excluding carboxylic acids is 1. The van der Waals surface area contributed by atoms with Gasteiger partial charge >= 0.3 is 6.03 Å². The first-order chi connectivity index (χ1) is 9.56. The van der Waals surface area contributed by atoms with Gasteiger partial charge in [0.05, 0.1) is 16.8 Å². The maximum atomic E-state index is 12.1. The van der Waals surface area contributed by atoms with E-state index in [1.807, 2.05) is 17.2 Å². The van der Waals surface area contributed by atoms with Gasteiger partial charge < -0.3 is 15.3 Å². The Hall–Kier alpha value is -1.14. The Kier molecular flexibility index (Phi) is 5.37. The van der Waals surface area contributed by atoms with E-state index in [-0.39, 0.29) is 18.1 Å². The smallest absolute Gasteiger partial charge is 0.317 e. The Balaban J connectivity index is 1.74. The highest BCUT2D eigenvalue weighted by Gasteiger charge is 2.26. The number of amides is 2. The lowest BCUT2D eigenvalue weighted by molar-refractivity contribution is 0.0740. The molecule has 1 saturated heterocycles. The summed E-state index contributed by atoms with van der Waals surface area (Å²) in [6, 6.07) is -0.0256. The third-order valence-corrected chi connectivity index (χ3v) is 4.57. The zero-order valence-electron chi connectivity index (χ0n) is 12.1. The van der Waals surface area contributed by atoms with Crippen LogP contribution < -0.4 is 5.32 Å². The molecule has 1 fully saturated rings. The molecule has 1 aliphatic rings. The van der Waals surface area contributed by atoms with E-state index >= 15 is 0 Å². The van der Waals surface area contributed by atoms with Gasteiger partial charge in [0, 0.05) is 37.4 Å². The fourth-order valence-electron chi connectivity index (χ4n) is 2.52. The quantitative estimate of drug-likeness (QED) is 0.890. The van der Waals surface area contributed by atoms with Gasteiger partial charge in [0.15, 0.2) is 0 Å². The molecule has 0 aromatic carbocycles. The Bertz CT molecular complexity index is 447. The van der Waals surface area contributed by atoms with Crippen LogP contribution in [0, 0.1) is 12.8 Å². The number of rotatable bonds is 4. The van der Waals surface area contributed by atoms with E-state index in [1.54, 1.807) is 18.3 Å². The van der Waals surface area contributed by atoms with E-state index in [1.165, 1.54) is 0 Å². The summed E-state index contributed by atoms with van der Waals surface area (Å²) < 4.78 is 0. The van der Waals surface area contributed by atoms with Crippen molar-refractivity contribution in [3.63, 3.8) is 0 Å². The van der Waals surface area contributed by atoms with Gasteiger partial charge in [-0.05, 0) is 26.7 Å². The second-order valence-corrected chi connectivity index (χ2v) is 6.49. The zero-order valence-corrected chi connectivity index (χ0v) is 12.9. The molecule has 0 radical (unpaired) electrons. The molecule has 2 heterocycles. The van der Waals surface area contributed by atoms with Gasteiger partial charge in [-0.25, -0.2) is 9.78 Å². The zero-order chi connectivity index (χ0) is 14.5. The number of likely N-dealkylation sites (tertiary alicyclic amines) is 1. The summed E-state index contributed by atoms with van der Waals surface area (Å²) in [5.74, 6) is 0.204. The van der Waals surface area contributed by atoms with E-state index in [9.17, 15) is 9.90 Å². The van der Waals surface area contributed by atoms with Gasteiger partial charge in [-0.3, -0.25) is 0 Å². The number of nitrogens with zero attached hydrogens (tertiary/aromatic N) is 2. The first kappa shape index (κ1) is 15.3. The third-order valence-electron chi connectivity index (χ3n) is 3.75. The van der Waals surface area contributed by atoms with Crippen LogP contribution >= 0.6 is 11.3 Å². The Morgan fingerprint density at radius 2 is 2.50 bits per heavy atom. The second-order valence-electron chi connectivity index (χ2n) is 5.43. The maximum absolute atomic E-state index is 12.1. The molecule has 0 saturated carbocycles. The standard InChI is InChI=1S/C14H23N3O2S/c1-10(18)12-4-3-7-17(8-12)14(19)15-6-5-13-9-20-11(2)16-13/h9-10,12,18H,3-8H2,1-2H3,(H,15,19). The van der Waals surface area contributed by atoms with Gasteiger partial charge in [-0.1, -0.05) is 0 Å². The fourth-order valence-corrected chi connectivity index (χ4v) is 3.17. The van der Waals surface area contributed by atoms with Gasteiger partial charge in [0.1, 0.15) is 0 Å². The molecule has 2 amide bonds. The van der Waals surface area contributed by atoms with Crippen LogP contribution in [0.5, 0.6) is 0 Å². The van der Waals surface area contributed by atoms with Crippen LogP contribution in [0.2, 0.25) is 0 Å².